The number of alkyl halides is 3. The maximum Gasteiger partial charge on any atom is 0.396 e. The Bertz CT molecular complexity index is 584. The van der Waals surface area contributed by atoms with Crippen LogP contribution in [0, 0.1) is 5.92 Å². The largest absolute Gasteiger partial charge is 0.480 e. The smallest absolute Gasteiger partial charge is 0.396 e. The quantitative estimate of drug-likeness (QED) is 0.843. The summed E-state index contributed by atoms with van der Waals surface area (Å²) in [6.07, 6.45) is -4.13. The Morgan fingerprint density at radius 3 is 2.26 bits per heavy atom. The Balaban J connectivity index is 2.14. The molecule has 0 aliphatic heterocycles. The third-order valence-electron chi connectivity index (χ3n) is 4.22. The molecule has 0 aromatic heterocycles. The van der Waals surface area contributed by atoms with Crippen LogP contribution < -0.4 is 5.32 Å². The van der Waals surface area contributed by atoms with Crippen LogP contribution in [-0.4, -0.2) is 28.7 Å². The van der Waals surface area contributed by atoms with E-state index >= 15 is 0 Å². The summed E-state index contributed by atoms with van der Waals surface area (Å²) in [5.41, 5.74) is -1.53. The van der Waals surface area contributed by atoms with E-state index in [1.54, 1.807) is 6.07 Å². The number of carboxylic acid groups (broad SMARTS) is 1. The van der Waals surface area contributed by atoms with Gasteiger partial charge in [-0.05, 0) is 31.2 Å². The summed E-state index contributed by atoms with van der Waals surface area (Å²) in [5.74, 6) is -4.32. The molecule has 1 fully saturated rings. The van der Waals surface area contributed by atoms with Gasteiger partial charge in [0.15, 0.2) is 0 Å². The van der Waals surface area contributed by atoms with Crippen LogP contribution in [0.5, 0.6) is 0 Å². The number of carboxylic acids is 1. The van der Waals surface area contributed by atoms with Crippen molar-refractivity contribution in [1.29, 1.82) is 0 Å². The van der Waals surface area contributed by atoms with Crippen LogP contribution in [0.1, 0.15) is 37.7 Å². The Kier molecular flexibility index (Phi) is 4.68. The zero-order valence-corrected chi connectivity index (χ0v) is 12.6. The van der Waals surface area contributed by atoms with E-state index in [0.29, 0.717) is 12.8 Å². The summed E-state index contributed by atoms with van der Waals surface area (Å²) in [7, 11) is 0. The molecule has 4 nitrogen and oxygen atoms in total. The summed E-state index contributed by atoms with van der Waals surface area (Å²) in [6, 6.07) is 7.14. The first-order valence-electron chi connectivity index (χ1n) is 7.30. The molecule has 1 aliphatic rings. The number of hydrogen-bond donors (Lipinski definition) is 2. The van der Waals surface area contributed by atoms with Gasteiger partial charge in [-0.2, -0.15) is 13.2 Å². The summed E-state index contributed by atoms with van der Waals surface area (Å²) in [6.45, 7) is 1.34. The molecule has 1 amide bonds. The van der Waals surface area contributed by atoms with Crippen LogP contribution in [-0.2, 0) is 9.59 Å². The molecule has 0 spiro atoms. The van der Waals surface area contributed by atoms with Crippen molar-refractivity contribution >= 4 is 11.9 Å². The number of carbonyl (C=O) groups is 2. The Morgan fingerprint density at radius 2 is 1.83 bits per heavy atom. The Labute approximate surface area is 131 Å². The normalized spacial score (nSPS) is 18.8. The predicted molar refractivity (Wildman–Crippen MR) is 76.8 cm³/mol. The van der Waals surface area contributed by atoms with Gasteiger partial charge in [-0.3, -0.25) is 4.79 Å². The third-order valence-corrected chi connectivity index (χ3v) is 4.22. The molecule has 0 radical (unpaired) electrons. The molecule has 2 rings (SSSR count). The molecule has 0 saturated heterocycles. The van der Waals surface area contributed by atoms with Gasteiger partial charge in [0.2, 0.25) is 5.91 Å². The SMILES string of the molecule is C[C@](NC(=O)C[C@H](c1ccccc1)C(F)(F)F)(C(=O)O)C1CC1. The highest BCUT2D eigenvalue weighted by molar-refractivity contribution is 5.87. The second-order valence-electron chi connectivity index (χ2n) is 6.04. The van der Waals surface area contributed by atoms with Crippen molar-refractivity contribution in [3.63, 3.8) is 0 Å². The lowest BCUT2D eigenvalue weighted by Gasteiger charge is -2.28. The number of rotatable bonds is 6. The van der Waals surface area contributed by atoms with Crippen LogP contribution in [0.25, 0.3) is 0 Å². The maximum atomic E-state index is 13.2. The van der Waals surface area contributed by atoms with Crippen molar-refractivity contribution in [1.82, 2.24) is 5.32 Å². The maximum absolute atomic E-state index is 13.2. The Morgan fingerprint density at radius 1 is 1.26 bits per heavy atom. The molecule has 1 aliphatic carbocycles. The number of carbonyl (C=O) groups excluding carboxylic acids is 1. The van der Waals surface area contributed by atoms with Gasteiger partial charge in [0.1, 0.15) is 5.54 Å². The lowest BCUT2D eigenvalue weighted by atomic mass is 9.92. The minimum atomic E-state index is -4.59. The molecule has 1 saturated carbocycles. The fraction of sp³-hybridized carbons (Fsp3) is 0.500. The number of aliphatic carboxylic acids is 1. The van der Waals surface area contributed by atoms with Gasteiger partial charge in [-0.15, -0.1) is 0 Å². The molecule has 0 unspecified atom stereocenters. The van der Waals surface area contributed by atoms with Crippen molar-refractivity contribution in [2.24, 2.45) is 5.92 Å². The molecule has 2 N–H and O–H groups in total. The number of amides is 1. The first-order valence-corrected chi connectivity index (χ1v) is 7.30. The average molecular weight is 329 g/mol. The minimum absolute atomic E-state index is 0.0152. The summed E-state index contributed by atoms with van der Waals surface area (Å²) in [4.78, 5) is 23.4. The third kappa shape index (κ3) is 4.03. The fourth-order valence-electron chi connectivity index (χ4n) is 2.62. The van der Waals surface area contributed by atoms with E-state index in [2.05, 4.69) is 5.32 Å². The van der Waals surface area contributed by atoms with Crippen molar-refractivity contribution in [3.05, 3.63) is 35.9 Å². The van der Waals surface area contributed by atoms with Gasteiger partial charge in [0.05, 0.1) is 5.92 Å². The minimum Gasteiger partial charge on any atom is -0.480 e. The van der Waals surface area contributed by atoms with E-state index in [1.807, 2.05) is 0 Å². The molecular formula is C16H18F3NO3. The number of hydrogen-bond acceptors (Lipinski definition) is 2. The summed E-state index contributed by atoms with van der Waals surface area (Å²) in [5, 5.41) is 11.6. The molecule has 0 heterocycles. The highest BCUT2D eigenvalue weighted by atomic mass is 19.4. The van der Waals surface area contributed by atoms with E-state index < -0.39 is 35.9 Å². The first kappa shape index (κ1) is 17.3. The molecule has 23 heavy (non-hydrogen) atoms. The Hall–Kier alpha value is -2.05. The number of nitrogens with one attached hydrogen (secondary N) is 1. The van der Waals surface area contributed by atoms with E-state index in [9.17, 15) is 27.9 Å². The highest BCUT2D eigenvalue weighted by Gasteiger charge is 2.49. The highest BCUT2D eigenvalue weighted by Crippen LogP contribution is 2.41. The van der Waals surface area contributed by atoms with Crippen molar-refractivity contribution in [2.45, 2.75) is 43.8 Å². The summed E-state index contributed by atoms with van der Waals surface area (Å²) < 4.78 is 39.7. The van der Waals surface area contributed by atoms with Gasteiger partial charge in [-0.1, -0.05) is 30.3 Å². The van der Waals surface area contributed by atoms with Crippen LogP contribution >= 0.6 is 0 Å². The van der Waals surface area contributed by atoms with Gasteiger partial charge in [0.25, 0.3) is 0 Å². The fourth-order valence-corrected chi connectivity index (χ4v) is 2.62. The molecule has 0 bridgehead atoms. The van der Waals surface area contributed by atoms with E-state index in [1.165, 1.54) is 31.2 Å². The van der Waals surface area contributed by atoms with Crippen LogP contribution in [0.3, 0.4) is 0 Å². The van der Waals surface area contributed by atoms with Gasteiger partial charge >= 0.3 is 12.1 Å². The average Bonchev–Trinajstić information content (AvgIpc) is 3.29. The second kappa shape index (κ2) is 6.22. The number of benzene rings is 1. The van der Waals surface area contributed by atoms with Gasteiger partial charge in [-0.25, -0.2) is 4.79 Å². The zero-order valence-electron chi connectivity index (χ0n) is 12.6. The molecule has 126 valence electrons. The zero-order chi connectivity index (χ0) is 17.3. The monoisotopic (exact) mass is 329 g/mol. The van der Waals surface area contributed by atoms with E-state index in [-0.39, 0.29) is 11.5 Å². The van der Waals surface area contributed by atoms with E-state index in [4.69, 9.17) is 0 Å². The molecule has 2 atom stereocenters. The topological polar surface area (TPSA) is 66.4 Å². The predicted octanol–water partition coefficient (Wildman–Crippen LogP) is 3.09. The second-order valence-corrected chi connectivity index (χ2v) is 6.04. The van der Waals surface area contributed by atoms with E-state index in [0.717, 1.165) is 0 Å². The summed E-state index contributed by atoms with van der Waals surface area (Å²) >= 11 is 0. The standard InChI is InChI=1S/C16H18F3NO3/c1-15(14(22)23,11-7-8-11)20-13(21)9-12(16(17,18)19)10-5-3-2-4-6-10/h2-6,11-12H,7-9H2,1H3,(H,20,21)(H,22,23)/t12-,15-/m1/s1. The molecule has 1 aromatic rings. The van der Waals surface area contributed by atoms with Gasteiger partial charge in [0, 0.05) is 6.42 Å². The molecule has 7 heteroatoms. The van der Waals surface area contributed by atoms with Crippen LogP contribution in [0.2, 0.25) is 0 Å². The lowest BCUT2D eigenvalue weighted by molar-refractivity contribution is -0.159. The van der Waals surface area contributed by atoms with Crippen LogP contribution in [0.15, 0.2) is 30.3 Å². The first-order chi connectivity index (χ1) is 10.6. The molecular weight excluding hydrogens is 311 g/mol. The molecule has 1 aromatic carbocycles. The van der Waals surface area contributed by atoms with Crippen molar-refractivity contribution in [3.8, 4) is 0 Å². The van der Waals surface area contributed by atoms with Gasteiger partial charge < -0.3 is 10.4 Å². The van der Waals surface area contributed by atoms with Crippen molar-refractivity contribution in [2.75, 3.05) is 0 Å². The lowest BCUT2D eigenvalue weighted by Crippen LogP contribution is -2.54. The van der Waals surface area contributed by atoms with Crippen molar-refractivity contribution < 1.29 is 27.9 Å². The van der Waals surface area contributed by atoms with Crippen LogP contribution in [0.4, 0.5) is 13.2 Å². The number of halogens is 3.